The van der Waals surface area contributed by atoms with E-state index in [1.54, 1.807) is 4.90 Å². The van der Waals surface area contributed by atoms with E-state index in [2.05, 4.69) is 19.9 Å². The predicted octanol–water partition coefficient (Wildman–Crippen LogP) is 3.02. The van der Waals surface area contributed by atoms with Crippen LogP contribution < -0.4 is 4.72 Å². The van der Waals surface area contributed by atoms with Crippen molar-refractivity contribution in [3.8, 4) is 11.4 Å². The maximum absolute atomic E-state index is 13.1. The minimum absolute atomic E-state index is 0.0611. The van der Waals surface area contributed by atoms with Crippen molar-refractivity contribution in [1.82, 2.24) is 24.8 Å². The molecule has 2 aromatic rings. The van der Waals surface area contributed by atoms with E-state index in [9.17, 15) is 13.2 Å². The zero-order valence-electron chi connectivity index (χ0n) is 18.0. The molecule has 0 radical (unpaired) electrons. The molecule has 2 N–H and O–H groups in total. The number of likely N-dealkylation sites (tertiary alicyclic amines) is 1. The van der Waals surface area contributed by atoms with Crippen molar-refractivity contribution in [2.24, 2.45) is 5.92 Å². The Morgan fingerprint density at radius 1 is 1.19 bits per heavy atom. The third-order valence-electron chi connectivity index (χ3n) is 6.34. The van der Waals surface area contributed by atoms with Crippen molar-refractivity contribution in [2.45, 2.75) is 63.5 Å². The third kappa shape index (κ3) is 5.71. The largest absolute Gasteiger partial charge is 0.331 e. The minimum atomic E-state index is -3.36. The van der Waals surface area contributed by atoms with Crippen molar-refractivity contribution in [3.05, 3.63) is 36.2 Å². The van der Waals surface area contributed by atoms with Gasteiger partial charge in [-0.15, -0.1) is 0 Å². The lowest BCUT2D eigenvalue weighted by Gasteiger charge is -2.25. The van der Waals surface area contributed by atoms with E-state index in [1.807, 2.05) is 30.3 Å². The second kappa shape index (κ2) is 9.48. The fraction of sp³-hybridized carbons (Fsp3) is 0.591. The number of hydrogen-bond donors (Lipinski definition) is 2. The molecule has 1 aliphatic heterocycles. The Bertz CT molecular complexity index is 986. The molecule has 1 saturated heterocycles. The van der Waals surface area contributed by atoms with Crippen LogP contribution in [0.5, 0.6) is 0 Å². The molecule has 4 rings (SSSR count). The van der Waals surface area contributed by atoms with E-state index >= 15 is 0 Å². The average molecular weight is 446 g/mol. The Morgan fingerprint density at radius 3 is 2.65 bits per heavy atom. The van der Waals surface area contributed by atoms with Crippen LogP contribution in [-0.2, 0) is 14.8 Å². The molecule has 9 heteroatoms. The van der Waals surface area contributed by atoms with Gasteiger partial charge in [-0.05, 0) is 18.8 Å². The summed E-state index contributed by atoms with van der Waals surface area (Å²) in [6, 6.07) is 9.00. The smallest absolute Gasteiger partial charge is 0.223 e. The van der Waals surface area contributed by atoms with Gasteiger partial charge >= 0.3 is 0 Å². The van der Waals surface area contributed by atoms with Crippen molar-refractivity contribution in [3.63, 3.8) is 0 Å². The number of aromatic nitrogens is 3. The van der Waals surface area contributed by atoms with Gasteiger partial charge in [0.15, 0.2) is 5.82 Å². The number of rotatable bonds is 7. The lowest BCUT2D eigenvalue weighted by molar-refractivity contribution is -0.132. The van der Waals surface area contributed by atoms with Gasteiger partial charge in [0.25, 0.3) is 0 Å². The van der Waals surface area contributed by atoms with Crippen molar-refractivity contribution in [1.29, 1.82) is 0 Å². The molecular formula is C22H31N5O3S. The molecule has 1 saturated carbocycles. The zero-order chi connectivity index (χ0) is 21.8. The molecule has 0 bridgehead atoms. The monoisotopic (exact) mass is 445 g/mol. The lowest BCUT2D eigenvalue weighted by Crippen LogP contribution is -2.38. The maximum Gasteiger partial charge on any atom is 0.223 e. The lowest BCUT2D eigenvalue weighted by atomic mass is 9.86. The summed E-state index contributed by atoms with van der Waals surface area (Å²) >= 11 is 0. The number of carbonyl (C=O) groups excluding carboxylic acids is 1. The van der Waals surface area contributed by atoms with Gasteiger partial charge in [-0.2, -0.15) is 5.10 Å². The van der Waals surface area contributed by atoms with Gasteiger partial charge in [-0.25, -0.2) is 18.1 Å². The topological polar surface area (TPSA) is 108 Å². The molecule has 31 heavy (non-hydrogen) atoms. The average Bonchev–Trinajstić information content (AvgIpc) is 3.39. The summed E-state index contributed by atoms with van der Waals surface area (Å²) in [5.41, 5.74) is 0.893. The van der Waals surface area contributed by atoms with Crippen LogP contribution in [0.4, 0.5) is 0 Å². The van der Waals surface area contributed by atoms with E-state index in [4.69, 9.17) is 0 Å². The highest BCUT2D eigenvalue weighted by atomic mass is 32.2. The number of H-pyrrole nitrogens is 1. The molecule has 1 aliphatic carbocycles. The number of hydrogen-bond acceptors (Lipinski definition) is 5. The highest BCUT2D eigenvalue weighted by molar-refractivity contribution is 7.88. The van der Waals surface area contributed by atoms with Crippen LogP contribution in [0.1, 0.15) is 63.2 Å². The Kier molecular flexibility index (Phi) is 6.71. The molecule has 8 nitrogen and oxygen atoms in total. The Labute approximate surface area is 183 Å². The van der Waals surface area contributed by atoms with Gasteiger partial charge in [0.05, 0.1) is 12.3 Å². The summed E-state index contributed by atoms with van der Waals surface area (Å²) < 4.78 is 26.2. The first-order valence-corrected chi connectivity index (χ1v) is 13.0. The van der Waals surface area contributed by atoms with Crippen LogP contribution in [0.2, 0.25) is 0 Å². The highest BCUT2D eigenvalue weighted by Crippen LogP contribution is 2.33. The van der Waals surface area contributed by atoms with E-state index in [0.29, 0.717) is 37.0 Å². The number of benzene rings is 1. The molecule has 1 aromatic heterocycles. The van der Waals surface area contributed by atoms with Gasteiger partial charge in [0.2, 0.25) is 15.9 Å². The van der Waals surface area contributed by atoms with Gasteiger partial charge in [-0.3, -0.25) is 9.89 Å². The quantitative estimate of drug-likeness (QED) is 0.681. The SMILES string of the molecule is CS(=O)(=O)NC1CC(c2nc(-c3ccccc3)n[nH]2)N(C(=O)CCC2CCCCC2)C1. The first-order valence-electron chi connectivity index (χ1n) is 11.1. The minimum Gasteiger partial charge on any atom is -0.331 e. The van der Waals surface area contributed by atoms with Gasteiger partial charge in [0, 0.05) is 24.6 Å². The van der Waals surface area contributed by atoms with Crippen molar-refractivity contribution < 1.29 is 13.2 Å². The summed E-state index contributed by atoms with van der Waals surface area (Å²) in [6.07, 6.45) is 9.24. The van der Waals surface area contributed by atoms with E-state index in [0.717, 1.165) is 18.2 Å². The molecule has 1 amide bonds. The summed E-state index contributed by atoms with van der Waals surface area (Å²) in [6.45, 7) is 0.350. The standard InChI is InChI=1S/C22H31N5O3S/c1-31(29,30)26-18-14-19(22-23-21(24-25-22)17-10-6-3-7-11-17)27(15-18)20(28)13-12-16-8-4-2-5-9-16/h3,6-7,10-11,16,18-19,26H,2,4-5,8-9,12-15H2,1H3,(H,23,24,25). The van der Waals surface area contributed by atoms with Crippen LogP contribution >= 0.6 is 0 Å². The van der Waals surface area contributed by atoms with E-state index in [-0.39, 0.29) is 18.0 Å². The number of nitrogens with zero attached hydrogens (tertiary/aromatic N) is 3. The number of amides is 1. The van der Waals surface area contributed by atoms with Crippen LogP contribution in [0.25, 0.3) is 11.4 Å². The molecule has 1 aromatic carbocycles. The van der Waals surface area contributed by atoms with Crippen LogP contribution in [-0.4, -0.2) is 53.2 Å². The highest BCUT2D eigenvalue weighted by Gasteiger charge is 2.39. The first-order chi connectivity index (χ1) is 14.9. The zero-order valence-corrected chi connectivity index (χ0v) is 18.8. The number of sulfonamides is 1. The van der Waals surface area contributed by atoms with E-state index in [1.165, 1.54) is 32.1 Å². The Balaban J connectivity index is 1.49. The Hall–Kier alpha value is -2.26. The number of nitrogens with one attached hydrogen (secondary N) is 2. The third-order valence-corrected chi connectivity index (χ3v) is 7.11. The molecular weight excluding hydrogens is 414 g/mol. The molecule has 2 aliphatic rings. The molecule has 0 spiro atoms. The summed E-state index contributed by atoms with van der Waals surface area (Å²) in [5, 5.41) is 7.32. The van der Waals surface area contributed by atoms with E-state index < -0.39 is 10.0 Å². The van der Waals surface area contributed by atoms with Gasteiger partial charge < -0.3 is 4.90 Å². The predicted molar refractivity (Wildman–Crippen MR) is 118 cm³/mol. The number of carbonyl (C=O) groups is 1. The molecule has 2 atom stereocenters. The molecule has 2 unspecified atom stereocenters. The summed E-state index contributed by atoms with van der Waals surface area (Å²) in [5.74, 6) is 1.86. The molecule has 2 heterocycles. The van der Waals surface area contributed by atoms with Crippen molar-refractivity contribution in [2.75, 3.05) is 12.8 Å². The first kappa shape index (κ1) is 22.0. The fourth-order valence-electron chi connectivity index (χ4n) is 4.85. The molecule has 168 valence electrons. The fourth-order valence-corrected chi connectivity index (χ4v) is 5.62. The van der Waals surface area contributed by atoms with Crippen LogP contribution in [0.15, 0.2) is 30.3 Å². The normalized spacial score (nSPS) is 22.7. The summed E-state index contributed by atoms with van der Waals surface area (Å²) in [7, 11) is -3.36. The van der Waals surface area contributed by atoms with Crippen LogP contribution in [0, 0.1) is 5.92 Å². The van der Waals surface area contributed by atoms with Gasteiger partial charge in [0.1, 0.15) is 5.82 Å². The summed E-state index contributed by atoms with van der Waals surface area (Å²) in [4.78, 5) is 19.6. The van der Waals surface area contributed by atoms with Gasteiger partial charge in [-0.1, -0.05) is 62.4 Å². The molecule has 2 fully saturated rings. The number of aromatic amines is 1. The van der Waals surface area contributed by atoms with Crippen LogP contribution in [0.3, 0.4) is 0 Å². The second-order valence-electron chi connectivity index (χ2n) is 8.84. The Morgan fingerprint density at radius 2 is 1.94 bits per heavy atom. The maximum atomic E-state index is 13.1. The van der Waals surface area contributed by atoms with Crippen molar-refractivity contribution >= 4 is 15.9 Å². The second-order valence-corrected chi connectivity index (χ2v) is 10.6.